The van der Waals surface area contributed by atoms with Gasteiger partial charge in [-0.05, 0) is 31.2 Å². The summed E-state index contributed by atoms with van der Waals surface area (Å²) in [4.78, 5) is 37.0. The number of imidazole rings is 1. The Labute approximate surface area is 168 Å². The molecule has 0 saturated heterocycles. The van der Waals surface area contributed by atoms with E-state index in [0.717, 1.165) is 11.0 Å². The van der Waals surface area contributed by atoms with Crippen molar-refractivity contribution in [3.63, 3.8) is 0 Å². The average molecular weight is 394 g/mol. The Bertz CT molecular complexity index is 1030. The number of pyridine rings is 1. The van der Waals surface area contributed by atoms with Gasteiger partial charge in [-0.25, -0.2) is 4.98 Å². The zero-order chi connectivity index (χ0) is 20.4. The van der Waals surface area contributed by atoms with Gasteiger partial charge >= 0.3 is 5.97 Å². The van der Waals surface area contributed by atoms with Crippen molar-refractivity contribution in [3.8, 4) is 0 Å². The van der Waals surface area contributed by atoms with Gasteiger partial charge in [0, 0.05) is 13.3 Å². The van der Waals surface area contributed by atoms with Crippen molar-refractivity contribution < 1.29 is 19.1 Å². The van der Waals surface area contributed by atoms with Crippen molar-refractivity contribution in [1.29, 1.82) is 0 Å². The number of methoxy groups -OCH3 is 1. The van der Waals surface area contributed by atoms with Crippen LogP contribution in [0.25, 0.3) is 11.0 Å². The van der Waals surface area contributed by atoms with Gasteiger partial charge < -0.3 is 9.47 Å². The first-order valence-corrected chi connectivity index (χ1v) is 9.52. The molecule has 0 bridgehead atoms. The number of carbonyl (C=O) groups is 2. The molecule has 0 aliphatic carbocycles. The number of nitrogens with zero attached hydrogens (tertiary/aromatic N) is 4. The van der Waals surface area contributed by atoms with Crippen LogP contribution in [0.3, 0.4) is 0 Å². The molecule has 1 aliphatic rings. The number of carbonyl (C=O) groups excluding carboxylic acids is 2. The molecule has 4 rings (SSSR count). The summed E-state index contributed by atoms with van der Waals surface area (Å²) >= 11 is 0. The fraction of sp³-hybridized carbons (Fsp3) is 0.333. The SMILES string of the molecule is CCOC(=O)C1C(=O)N(CCOC)c2nc3ccccc3n2C1c1ccccn1. The van der Waals surface area contributed by atoms with E-state index >= 15 is 0 Å². The van der Waals surface area contributed by atoms with Gasteiger partial charge in [-0.15, -0.1) is 0 Å². The summed E-state index contributed by atoms with van der Waals surface area (Å²) in [5.74, 6) is -1.52. The van der Waals surface area contributed by atoms with Crippen molar-refractivity contribution in [2.24, 2.45) is 5.92 Å². The summed E-state index contributed by atoms with van der Waals surface area (Å²) in [6.45, 7) is 2.51. The Hall–Kier alpha value is -3.26. The van der Waals surface area contributed by atoms with Crippen molar-refractivity contribution in [3.05, 3.63) is 54.4 Å². The van der Waals surface area contributed by atoms with E-state index in [1.807, 2.05) is 41.0 Å². The van der Waals surface area contributed by atoms with E-state index in [4.69, 9.17) is 9.47 Å². The minimum absolute atomic E-state index is 0.188. The maximum atomic E-state index is 13.5. The van der Waals surface area contributed by atoms with Crippen molar-refractivity contribution in [2.75, 3.05) is 31.8 Å². The summed E-state index contributed by atoms with van der Waals surface area (Å²) in [5.41, 5.74) is 2.17. The predicted molar refractivity (Wildman–Crippen MR) is 106 cm³/mol. The van der Waals surface area contributed by atoms with Gasteiger partial charge in [0.2, 0.25) is 11.9 Å². The van der Waals surface area contributed by atoms with Gasteiger partial charge in [-0.1, -0.05) is 18.2 Å². The summed E-state index contributed by atoms with van der Waals surface area (Å²) < 4.78 is 12.4. The Morgan fingerprint density at radius 3 is 2.69 bits per heavy atom. The third kappa shape index (κ3) is 3.25. The second-order valence-electron chi connectivity index (χ2n) is 6.68. The number of anilines is 1. The third-order valence-corrected chi connectivity index (χ3v) is 4.99. The smallest absolute Gasteiger partial charge is 0.321 e. The molecular weight excluding hydrogens is 372 g/mol. The molecule has 8 nitrogen and oxygen atoms in total. The minimum atomic E-state index is -1.06. The predicted octanol–water partition coefficient (Wildman–Crippen LogP) is 2.19. The fourth-order valence-electron chi connectivity index (χ4n) is 3.76. The first-order chi connectivity index (χ1) is 14.2. The number of amides is 1. The number of para-hydroxylation sites is 2. The molecule has 2 unspecified atom stereocenters. The van der Waals surface area contributed by atoms with Gasteiger partial charge in [-0.3, -0.25) is 24.0 Å². The molecule has 1 aromatic carbocycles. The summed E-state index contributed by atoms with van der Waals surface area (Å²) in [6.07, 6.45) is 1.65. The van der Waals surface area contributed by atoms with Crippen LogP contribution in [0.5, 0.6) is 0 Å². The first-order valence-electron chi connectivity index (χ1n) is 9.52. The second kappa shape index (κ2) is 8.00. The van der Waals surface area contributed by atoms with Crippen LogP contribution in [0.1, 0.15) is 18.7 Å². The molecule has 8 heteroatoms. The highest BCUT2D eigenvalue weighted by atomic mass is 16.5. The molecule has 0 spiro atoms. The maximum Gasteiger partial charge on any atom is 0.321 e. The Morgan fingerprint density at radius 2 is 1.97 bits per heavy atom. The lowest BCUT2D eigenvalue weighted by Crippen LogP contribution is -2.51. The highest BCUT2D eigenvalue weighted by Gasteiger charge is 2.48. The molecule has 29 heavy (non-hydrogen) atoms. The van der Waals surface area contributed by atoms with E-state index in [0.29, 0.717) is 18.2 Å². The van der Waals surface area contributed by atoms with Crippen LogP contribution in [0.15, 0.2) is 48.7 Å². The standard InChI is InChI=1S/C21H22N4O4/c1-3-29-20(27)17-18(15-9-6-7-11-22-15)25-16-10-5-4-8-14(16)23-21(25)24(19(17)26)12-13-28-2/h4-11,17-18H,3,12-13H2,1-2H3. The number of benzene rings is 1. The average Bonchev–Trinajstić information content (AvgIpc) is 3.12. The number of hydrogen-bond acceptors (Lipinski definition) is 6. The molecule has 0 fully saturated rings. The summed E-state index contributed by atoms with van der Waals surface area (Å²) in [7, 11) is 1.57. The third-order valence-electron chi connectivity index (χ3n) is 4.99. The monoisotopic (exact) mass is 394 g/mol. The van der Waals surface area contributed by atoms with Gasteiger partial charge in [0.15, 0.2) is 5.92 Å². The summed E-state index contributed by atoms with van der Waals surface area (Å²) in [5, 5.41) is 0. The van der Waals surface area contributed by atoms with E-state index in [-0.39, 0.29) is 19.1 Å². The number of esters is 1. The Balaban J connectivity index is 1.97. The van der Waals surface area contributed by atoms with Crippen molar-refractivity contribution in [2.45, 2.75) is 13.0 Å². The first kappa shape index (κ1) is 19.1. The van der Waals surface area contributed by atoms with Crippen LogP contribution in [0, 0.1) is 5.92 Å². The minimum Gasteiger partial charge on any atom is -0.465 e. The molecule has 0 N–H and O–H groups in total. The highest BCUT2D eigenvalue weighted by Crippen LogP contribution is 2.40. The molecule has 0 radical (unpaired) electrons. The van der Waals surface area contributed by atoms with Gasteiger partial charge in [-0.2, -0.15) is 0 Å². The molecule has 2 aromatic heterocycles. The van der Waals surface area contributed by atoms with Crippen molar-refractivity contribution >= 4 is 28.9 Å². The van der Waals surface area contributed by atoms with Crippen LogP contribution < -0.4 is 4.90 Å². The van der Waals surface area contributed by atoms with E-state index < -0.39 is 17.9 Å². The van der Waals surface area contributed by atoms with Crippen LogP contribution in [-0.4, -0.2) is 53.3 Å². The topological polar surface area (TPSA) is 86.5 Å². The number of aromatic nitrogens is 3. The van der Waals surface area contributed by atoms with E-state index in [1.165, 1.54) is 4.90 Å². The highest BCUT2D eigenvalue weighted by molar-refractivity contribution is 6.08. The van der Waals surface area contributed by atoms with Crippen molar-refractivity contribution in [1.82, 2.24) is 14.5 Å². The quantitative estimate of drug-likeness (QED) is 0.471. The molecule has 2 atom stereocenters. The second-order valence-corrected chi connectivity index (χ2v) is 6.68. The maximum absolute atomic E-state index is 13.5. The molecule has 3 heterocycles. The normalized spacial score (nSPS) is 18.7. The van der Waals surface area contributed by atoms with E-state index in [2.05, 4.69) is 9.97 Å². The molecular formula is C21H22N4O4. The molecule has 3 aromatic rings. The van der Waals surface area contributed by atoms with Gasteiger partial charge in [0.1, 0.15) is 6.04 Å². The van der Waals surface area contributed by atoms with Crippen LogP contribution >= 0.6 is 0 Å². The van der Waals surface area contributed by atoms with Crippen LogP contribution in [0.2, 0.25) is 0 Å². The van der Waals surface area contributed by atoms with Gasteiger partial charge in [0.25, 0.3) is 0 Å². The zero-order valence-corrected chi connectivity index (χ0v) is 16.3. The van der Waals surface area contributed by atoms with Gasteiger partial charge in [0.05, 0.1) is 36.5 Å². The van der Waals surface area contributed by atoms with E-state index in [9.17, 15) is 9.59 Å². The number of rotatable bonds is 6. The zero-order valence-electron chi connectivity index (χ0n) is 16.3. The van der Waals surface area contributed by atoms with Crippen LogP contribution in [-0.2, 0) is 19.1 Å². The van der Waals surface area contributed by atoms with Crippen LogP contribution in [0.4, 0.5) is 5.95 Å². The lowest BCUT2D eigenvalue weighted by molar-refractivity contribution is -0.153. The Kier molecular flexibility index (Phi) is 5.26. The largest absolute Gasteiger partial charge is 0.465 e. The summed E-state index contributed by atoms with van der Waals surface area (Å²) in [6, 6.07) is 12.4. The fourth-order valence-corrected chi connectivity index (χ4v) is 3.76. The van der Waals surface area contributed by atoms with E-state index in [1.54, 1.807) is 26.3 Å². The number of ether oxygens (including phenoxy) is 2. The molecule has 0 saturated carbocycles. The Morgan fingerprint density at radius 1 is 1.17 bits per heavy atom. The number of hydrogen-bond donors (Lipinski definition) is 0. The lowest BCUT2D eigenvalue weighted by Gasteiger charge is -2.37. The molecule has 150 valence electrons. The number of fused-ring (bicyclic) bond motifs is 3. The molecule has 1 amide bonds. The molecule has 1 aliphatic heterocycles. The lowest BCUT2D eigenvalue weighted by atomic mass is 9.92.